The normalized spacial score (nSPS) is 17.3. The zero-order valence-corrected chi connectivity index (χ0v) is 14.0. The molecule has 0 radical (unpaired) electrons. The Labute approximate surface area is 143 Å². The van der Waals surface area contributed by atoms with Gasteiger partial charge in [0.2, 0.25) is 5.91 Å². The number of aliphatic hydroxyl groups is 1. The van der Waals surface area contributed by atoms with E-state index in [1.807, 2.05) is 66.4 Å². The van der Waals surface area contributed by atoms with Crippen LogP contribution in [0.4, 0.5) is 0 Å². The third kappa shape index (κ3) is 3.66. The summed E-state index contributed by atoms with van der Waals surface area (Å²) in [6, 6.07) is 17.3. The van der Waals surface area contributed by atoms with Crippen LogP contribution >= 0.6 is 0 Å². The third-order valence-corrected chi connectivity index (χ3v) is 4.64. The molecule has 1 fully saturated rings. The van der Waals surface area contributed by atoms with E-state index in [4.69, 9.17) is 0 Å². The van der Waals surface area contributed by atoms with Crippen LogP contribution in [-0.4, -0.2) is 42.1 Å². The summed E-state index contributed by atoms with van der Waals surface area (Å²) >= 11 is 0. The van der Waals surface area contributed by atoms with Crippen LogP contribution < -0.4 is 5.32 Å². The van der Waals surface area contributed by atoms with Gasteiger partial charge in [-0.2, -0.15) is 0 Å². The predicted molar refractivity (Wildman–Crippen MR) is 94.8 cm³/mol. The Morgan fingerprint density at radius 1 is 1.00 bits per heavy atom. The van der Waals surface area contributed by atoms with Crippen LogP contribution in [-0.2, 0) is 4.79 Å². The molecule has 24 heavy (non-hydrogen) atoms. The van der Waals surface area contributed by atoms with Crippen molar-refractivity contribution in [3.05, 3.63) is 71.3 Å². The Balaban J connectivity index is 1.78. The number of benzene rings is 2. The summed E-state index contributed by atoms with van der Waals surface area (Å²) in [6.45, 7) is 5.17. The Hall–Kier alpha value is -2.17. The van der Waals surface area contributed by atoms with Gasteiger partial charge in [0, 0.05) is 26.2 Å². The van der Waals surface area contributed by atoms with Crippen LogP contribution in [0.15, 0.2) is 54.6 Å². The molecule has 0 aliphatic carbocycles. The molecule has 2 N–H and O–H groups in total. The van der Waals surface area contributed by atoms with Gasteiger partial charge in [-0.3, -0.25) is 4.79 Å². The topological polar surface area (TPSA) is 52.6 Å². The number of nitrogens with zero attached hydrogens (tertiary/aromatic N) is 1. The molecule has 0 bridgehead atoms. The highest BCUT2D eigenvalue weighted by Crippen LogP contribution is 2.26. The second-order valence-electron chi connectivity index (χ2n) is 6.28. The van der Waals surface area contributed by atoms with Gasteiger partial charge in [0.25, 0.3) is 0 Å². The van der Waals surface area contributed by atoms with E-state index in [0.717, 1.165) is 42.9 Å². The quantitative estimate of drug-likeness (QED) is 0.907. The van der Waals surface area contributed by atoms with Crippen LogP contribution in [0, 0.1) is 0 Å². The van der Waals surface area contributed by atoms with E-state index < -0.39 is 6.10 Å². The van der Waals surface area contributed by atoms with Crippen molar-refractivity contribution in [3.63, 3.8) is 0 Å². The van der Waals surface area contributed by atoms with Crippen molar-refractivity contribution in [2.45, 2.75) is 18.9 Å². The van der Waals surface area contributed by atoms with E-state index in [-0.39, 0.29) is 11.8 Å². The van der Waals surface area contributed by atoms with Gasteiger partial charge in [-0.15, -0.1) is 0 Å². The smallest absolute Gasteiger partial charge is 0.229 e. The first-order valence-corrected chi connectivity index (χ1v) is 8.49. The summed E-state index contributed by atoms with van der Waals surface area (Å²) in [4.78, 5) is 14.6. The van der Waals surface area contributed by atoms with Crippen molar-refractivity contribution in [2.75, 3.05) is 26.2 Å². The van der Waals surface area contributed by atoms with Crippen molar-refractivity contribution in [3.8, 4) is 0 Å². The molecule has 126 valence electrons. The molecule has 0 spiro atoms. The minimum absolute atomic E-state index is 0.155. The lowest BCUT2D eigenvalue weighted by Crippen LogP contribution is -2.47. The fraction of sp³-hybridized carbons (Fsp3) is 0.350. The molecule has 1 aliphatic rings. The largest absolute Gasteiger partial charge is 0.384 e. The number of amides is 1. The number of nitrogens with one attached hydrogen (secondary N) is 1. The Kier molecular flexibility index (Phi) is 5.28. The van der Waals surface area contributed by atoms with E-state index in [2.05, 4.69) is 5.32 Å². The van der Waals surface area contributed by atoms with Crippen LogP contribution in [0.2, 0.25) is 0 Å². The van der Waals surface area contributed by atoms with Crippen LogP contribution in [0.3, 0.4) is 0 Å². The average molecular weight is 324 g/mol. The highest BCUT2D eigenvalue weighted by Gasteiger charge is 2.23. The zero-order valence-electron chi connectivity index (χ0n) is 14.0. The molecule has 4 nitrogen and oxygen atoms in total. The number of hydrogen-bond donors (Lipinski definition) is 2. The number of carbonyl (C=O) groups is 1. The highest BCUT2D eigenvalue weighted by molar-refractivity contribution is 5.83. The number of hydrogen-bond acceptors (Lipinski definition) is 3. The molecule has 1 saturated heterocycles. The Morgan fingerprint density at radius 3 is 2.33 bits per heavy atom. The molecule has 2 aromatic rings. The fourth-order valence-corrected chi connectivity index (χ4v) is 3.13. The summed E-state index contributed by atoms with van der Waals surface area (Å²) in [6.07, 6.45) is -0.673. The van der Waals surface area contributed by atoms with E-state index in [0.29, 0.717) is 0 Å². The van der Waals surface area contributed by atoms with Gasteiger partial charge in [0.1, 0.15) is 6.10 Å². The maximum atomic E-state index is 12.7. The number of aliphatic hydroxyl groups excluding tert-OH is 1. The first-order valence-electron chi connectivity index (χ1n) is 8.49. The number of carbonyl (C=O) groups excluding carboxylic acids is 1. The summed E-state index contributed by atoms with van der Waals surface area (Å²) in [5.41, 5.74) is 2.63. The van der Waals surface area contributed by atoms with Gasteiger partial charge in [-0.05, 0) is 23.6 Å². The van der Waals surface area contributed by atoms with E-state index in [1.165, 1.54) is 0 Å². The van der Waals surface area contributed by atoms with Gasteiger partial charge in [-0.1, -0.05) is 54.6 Å². The number of rotatable bonds is 4. The third-order valence-electron chi connectivity index (χ3n) is 4.64. The van der Waals surface area contributed by atoms with Gasteiger partial charge in [0.05, 0.1) is 5.92 Å². The molecule has 2 atom stereocenters. The van der Waals surface area contributed by atoms with Gasteiger partial charge in [-0.25, -0.2) is 0 Å². The highest BCUT2D eigenvalue weighted by atomic mass is 16.3. The molecule has 0 aromatic heterocycles. The van der Waals surface area contributed by atoms with Gasteiger partial charge < -0.3 is 15.3 Å². The molecular weight excluding hydrogens is 300 g/mol. The van der Waals surface area contributed by atoms with Gasteiger partial charge in [0.15, 0.2) is 0 Å². The second kappa shape index (κ2) is 7.60. The molecule has 1 amide bonds. The lowest BCUT2D eigenvalue weighted by atomic mass is 9.94. The molecule has 4 heteroatoms. The second-order valence-corrected chi connectivity index (χ2v) is 6.28. The molecule has 3 rings (SSSR count). The van der Waals surface area contributed by atoms with Crippen molar-refractivity contribution in [1.82, 2.24) is 10.2 Å². The van der Waals surface area contributed by atoms with Crippen LogP contribution in [0.1, 0.15) is 35.6 Å². The van der Waals surface area contributed by atoms with E-state index in [9.17, 15) is 9.90 Å². The average Bonchev–Trinajstić information content (AvgIpc) is 2.67. The predicted octanol–water partition coefficient (Wildman–Crippen LogP) is 2.30. The zero-order chi connectivity index (χ0) is 16.9. The van der Waals surface area contributed by atoms with Crippen molar-refractivity contribution in [1.29, 1.82) is 0 Å². The summed E-state index contributed by atoms with van der Waals surface area (Å²) in [5, 5.41) is 13.8. The Morgan fingerprint density at radius 2 is 1.62 bits per heavy atom. The van der Waals surface area contributed by atoms with E-state index >= 15 is 0 Å². The molecule has 1 aliphatic heterocycles. The Bertz CT molecular complexity index is 681. The SMILES string of the molecule is CC(C(=O)N1CCNCC1)c1cccc(C(O)c2ccccc2)c1. The molecule has 0 saturated carbocycles. The lowest BCUT2D eigenvalue weighted by Gasteiger charge is -2.30. The standard InChI is InChI=1S/C20H24N2O2/c1-15(20(24)22-12-10-21-11-13-22)17-8-5-9-18(14-17)19(23)16-6-3-2-4-7-16/h2-9,14-15,19,21,23H,10-13H2,1H3. The first kappa shape index (κ1) is 16.7. The molecule has 2 unspecified atom stereocenters. The van der Waals surface area contributed by atoms with Crippen molar-refractivity contribution in [2.24, 2.45) is 0 Å². The van der Waals surface area contributed by atoms with Crippen molar-refractivity contribution >= 4 is 5.91 Å². The monoisotopic (exact) mass is 324 g/mol. The van der Waals surface area contributed by atoms with Crippen LogP contribution in [0.5, 0.6) is 0 Å². The number of piperazine rings is 1. The fourth-order valence-electron chi connectivity index (χ4n) is 3.13. The molecular formula is C20H24N2O2. The summed E-state index contributed by atoms with van der Waals surface area (Å²) in [7, 11) is 0. The van der Waals surface area contributed by atoms with E-state index in [1.54, 1.807) is 0 Å². The maximum absolute atomic E-state index is 12.7. The molecule has 1 heterocycles. The summed E-state index contributed by atoms with van der Waals surface area (Å²) < 4.78 is 0. The van der Waals surface area contributed by atoms with Crippen LogP contribution in [0.25, 0.3) is 0 Å². The maximum Gasteiger partial charge on any atom is 0.229 e. The minimum Gasteiger partial charge on any atom is -0.384 e. The lowest BCUT2D eigenvalue weighted by molar-refractivity contribution is -0.133. The molecule has 2 aromatic carbocycles. The summed E-state index contributed by atoms with van der Waals surface area (Å²) in [5.74, 6) is -0.0473. The minimum atomic E-state index is -0.673. The van der Waals surface area contributed by atoms with Gasteiger partial charge >= 0.3 is 0 Å². The first-order chi connectivity index (χ1) is 11.7. The van der Waals surface area contributed by atoms with Crippen molar-refractivity contribution < 1.29 is 9.90 Å².